The van der Waals surface area contributed by atoms with E-state index in [2.05, 4.69) is 43.4 Å². The van der Waals surface area contributed by atoms with Gasteiger partial charge in [0.2, 0.25) is 0 Å². The first-order valence-corrected chi connectivity index (χ1v) is 7.56. The fourth-order valence-corrected chi connectivity index (χ4v) is 2.58. The maximum absolute atomic E-state index is 11.9. The van der Waals surface area contributed by atoms with Crippen LogP contribution < -0.4 is 5.32 Å². The third kappa shape index (κ3) is 4.21. The fourth-order valence-electron chi connectivity index (χ4n) is 2.58. The van der Waals surface area contributed by atoms with Crippen LogP contribution in [-0.2, 0) is 4.74 Å². The number of benzene rings is 1. The van der Waals surface area contributed by atoms with E-state index in [1.807, 2.05) is 20.8 Å². The van der Waals surface area contributed by atoms with E-state index in [-0.39, 0.29) is 12.1 Å². The predicted octanol–water partition coefficient (Wildman–Crippen LogP) is 3.26. The van der Waals surface area contributed by atoms with Crippen LogP contribution in [0.15, 0.2) is 24.3 Å². The Hall–Kier alpha value is -1.55. The molecule has 1 aliphatic rings. The van der Waals surface area contributed by atoms with Crippen LogP contribution >= 0.6 is 0 Å². The summed E-state index contributed by atoms with van der Waals surface area (Å²) in [5, 5.41) is 3.57. The van der Waals surface area contributed by atoms with E-state index < -0.39 is 5.60 Å². The van der Waals surface area contributed by atoms with Crippen LogP contribution in [0.1, 0.15) is 44.9 Å². The molecule has 1 atom stereocenters. The number of nitrogens with one attached hydrogen (secondary N) is 1. The van der Waals surface area contributed by atoms with Gasteiger partial charge in [0.25, 0.3) is 0 Å². The number of amides is 1. The molecule has 116 valence electrons. The van der Waals surface area contributed by atoms with E-state index in [9.17, 15) is 4.79 Å². The summed E-state index contributed by atoms with van der Waals surface area (Å²) in [6, 6.07) is 9.02. The molecule has 21 heavy (non-hydrogen) atoms. The number of ether oxygens (including phenoxy) is 1. The monoisotopic (exact) mass is 290 g/mol. The molecule has 1 saturated heterocycles. The smallest absolute Gasteiger partial charge is 0.410 e. The van der Waals surface area contributed by atoms with Gasteiger partial charge in [-0.2, -0.15) is 0 Å². The Labute approximate surface area is 127 Å². The second-order valence-corrected chi connectivity index (χ2v) is 6.83. The number of likely N-dealkylation sites (tertiary alicyclic amines) is 1. The van der Waals surface area contributed by atoms with Crippen molar-refractivity contribution in [2.75, 3.05) is 13.1 Å². The standard InChI is InChI=1S/C17H26N2O2/c1-12-8-6-7-9-15(12)13(2)18-14-10-19(11-14)16(20)21-17(3,4)5/h6-9,13-14,18H,10-11H2,1-5H3/t13-/m0/s1. The molecule has 1 aliphatic heterocycles. The van der Waals surface area contributed by atoms with Crippen molar-refractivity contribution in [1.82, 2.24) is 10.2 Å². The van der Waals surface area contributed by atoms with E-state index in [1.165, 1.54) is 11.1 Å². The third-order valence-corrected chi connectivity index (χ3v) is 3.67. The molecule has 0 bridgehead atoms. The van der Waals surface area contributed by atoms with Crippen molar-refractivity contribution in [1.29, 1.82) is 0 Å². The number of carbonyl (C=O) groups excluding carboxylic acids is 1. The van der Waals surface area contributed by atoms with Crippen molar-refractivity contribution in [2.45, 2.75) is 52.3 Å². The summed E-state index contributed by atoms with van der Waals surface area (Å²) in [6.45, 7) is 11.4. The van der Waals surface area contributed by atoms with Crippen molar-refractivity contribution in [3.8, 4) is 0 Å². The lowest BCUT2D eigenvalue weighted by Crippen LogP contribution is -2.60. The molecule has 0 unspecified atom stereocenters. The summed E-state index contributed by atoms with van der Waals surface area (Å²) < 4.78 is 5.36. The van der Waals surface area contributed by atoms with Crippen molar-refractivity contribution in [3.63, 3.8) is 0 Å². The van der Waals surface area contributed by atoms with Gasteiger partial charge in [-0.1, -0.05) is 24.3 Å². The van der Waals surface area contributed by atoms with Crippen LogP contribution in [0.2, 0.25) is 0 Å². The van der Waals surface area contributed by atoms with Gasteiger partial charge in [-0.3, -0.25) is 0 Å². The quantitative estimate of drug-likeness (QED) is 0.929. The lowest BCUT2D eigenvalue weighted by atomic mass is 10.0. The zero-order chi connectivity index (χ0) is 15.6. The SMILES string of the molecule is Cc1ccccc1[C@H](C)NC1CN(C(=O)OC(C)(C)C)C1. The Morgan fingerprint density at radius 2 is 1.95 bits per heavy atom. The second kappa shape index (κ2) is 6.06. The van der Waals surface area contributed by atoms with E-state index >= 15 is 0 Å². The Morgan fingerprint density at radius 1 is 1.33 bits per heavy atom. The molecule has 1 heterocycles. The predicted molar refractivity (Wildman–Crippen MR) is 84.3 cm³/mol. The van der Waals surface area contributed by atoms with E-state index in [0.717, 1.165) is 0 Å². The number of aryl methyl sites for hydroxylation is 1. The van der Waals surface area contributed by atoms with Gasteiger partial charge < -0.3 is 15.0 Å². The van der Waals surface area contributed by atoms with Gasteiger partial charge in [0.05, 0.1) is 0 Å². The minimum absolute atomic E-state index is 0.218. The van der Waals surface area contributed by atoms with Gasteiger partial charge in [0.1, 0.15) is 5.60 Å². The van der Waals surface area contributed by atoms with Crippen molar-refractivity contribution in [3.05, 3.63) is 35.4 Å². The van der Waals surface area contributed by atoms with Crippen molar-refractivity contribution < 1.29 is 9.53 Å². The van der Waals surface area contributed by atoms with Gasteiger partial charge in [0, 0.05) is 25.2 Å². The van der Waals surface area contributed by atoms with Crippen LogP contribution in [0.25, 0.3) is 0 Å². The summed E-state index contributed by atoms with van der Waals surface area (Å²) in [5.74, 6) is 0. The minimum Gasteiger partial charge on any atom is -0.444 e. The molecule has 0 aliphatic carbocycles. The zero-order valence-corrected chi connectivity index (χ0v) is 13.6. The number of rotatable bonds is 3. The van der Waals surface area contributed by atoms with E-state index in [0.29, 0.717) is 19.1 Å². The van der Waals surface area contributed by atoms with Crippen LogP contribution in [0.5, 0.6) is 0 Å². The normalized spacial score (nSPS) is 17.3. The topological polar surface area (TPSA) is 41.6 Å². The molecule has 4 heteroatoms. The van der Waals surface area contributed by atoms with Gasteiger partial charge in [-0.25, -0.2) is 4.79 Å². The third-order valence-electron chi connectivity index (χ3n) is 3.67. The average Bonchev–Trinajstić information content (AvgIpc) is 2.31. The van der Waals surface area contributed by atoms with Crippen molar-refractivity contribution >= 4 is 6.09 Å². The van der Waals surface area contributed by atoms with Crippen LogP contribution in [0.4, 0.5) is 4.79 Å². The molecule has 1 N–H and O–H groups in total. The molecule has 1 fully saturated rings. The summed E-state index contributed by atoms with van der Waals surface area (Å²) in [4.78, 5) is 13.6. The average molecular weight is 290 g/mol. The van der Waals surface area contributed by atoms with Gasteiger partial charge >= 0.3 is 6.09 Å². The molecule has 1 amide bonds. The maximum Gasteiger partial charge on any atom is 0.410 e. The first-order chi connectivity index (χ1) is 9.76. The Kier molecular flexibility index (Phi) is 4.57. The van der Waals surface area contributed by atoms with Crippen LogP contribution in [-0.4, -0.2) is 35.7 Å². The molecule has 0 saturated carbocycles. The highest BCUT2D eigenvalue weighted by atomic mass is 16.6. The lowest BCUT2D eigenvalue weighted by molar-refractivity contribution is 0.00433. The van der Waals surface area contributed by atoms with Gasteiger partial charge in [-0.15, -0.1) is 0 Å². The molecule has 4 nitrogen and oxygen atoms in total. The highest BCUT2D eigenvalue weighted by molar-refractivity contribution is 5.69. The summed E-state index contributed by atoms with van der Waals surface area (Å²) in [6.07, 6.45) is -0.218. The molecular formula is C17H26N2O2. The summed E-state index contributed by atoms with van der Waals surface area (Å²) >= 11 is 0. The largest absolute Gasteiger partial charge is 0.444 e. The number of hydrogen-bond donors (Lipinski definition) is 1. The second-order valence-electron chi connectivity index (χ2n) is 6.83. The first-order valence-electron chi connectivity index (χ1n) is 7.56. The molecule has 0 aromatic heterocycles. The van der Waals surface area contributed by atoms with E-state index in [1.54, 1.807) is 4.90 Å². The Balaban J connectivity index is 1.81. The lowest BCUT2D eigenvalue weighted by Gasteiger charge is -2.41. The van der Waals surface area contributed by atoms with Gasteiger partial charge in [-0.05, 0) is 45.7 Å². The molecule has 0 spiro atoms. The first kappa shape index (κ1) is 15.8. The van der Waals surface area contributed by atoms with Crippen molar-refractivity contribution in [2.24, 2.45) is 0 Å². The number of nitrogens with zero attached hydrogens (tertiary/aromatic N) is 1. The maximum atomic E-state index is 11.9. The zero-order valence-electron chi connectivity index (χ0n) is 13.6. The molecule has 1 aromatic carbocycles. The van der Waals surface area contributed by atoms with Crippen LogP contribution in [0.3, 0.4) is 0 Å². The Morgan fingerprint density at radius 3 is 2.52 bits per heavy atom. The number of carbonyl (C=O) groups is 1. The van der Waals surface area contributed by atoms with E-state index in [4.69, 9.17) is 4.74 Å². The molecular weight excluding hydrogens is 264 g/mol. The molecule has 1 aromatic rings. The summed E-state index contributed by atoms with van der Waals surface area (Å²) in [5.41, 5.74) is 2.18. The fraction of sp³-hybridized carbons (Fsp3) is 0.588. The van der Waals surface area contributed by atoms with Gasteiger partial charge in [0.15, 0.2) is 0 Å². The van der Waals surface area contributed by atoms with Crippen LogP contribution in [0, 0.1) is 6.92 Å². The highest BCUT2D eigenvalue weighted by Gasteiger charge is 2.34. The Bertz CT molecular complexity index is 502. The molecule has 2 rings (SSSR count). The minimum atomic E-state index is -0.427. The molecule has 0 radical (unpaired) electrons. The number of hydrogen-bond acceptors (Lipinski definition) is 3. The highest BCUT2D eigenvalue weighted by Crippen LogP contribution is 2.21. The summed E-state index contributed by atoms with van der Waals surface area (Å²) in [7, 11) is 0.